The summed E-state index contributed by atoms with van der Waals surface area (Å²) >= 11 is 6.07. The molecule has 3 aromatic carbocycles. The Hall–Kier alpha value is -4.15. The van der Waals surface area contributed by atoms with Crippen LogP contribution < -0.4 is 15.4 Å². The lowest BCUT2D eigenvalue weighted by atomic mass is 10.1. The van der Waals surface area contributed by atoms with E-state index in [-0.39, 0.29) is 17.0 Å². The molecular formula is C25H19ClFN3O3. The van der Waals surface area contributed by atoms with Gasteiger partial charge >= 0.3 is 0 Å². The van der Waals surface area contributed by atoms with Crippen molar-refractivity contribution < 1.29 is 18.7 Å². The molecule has 166 valence electrons. The molecule has 0 aliphatic rings. The van der Waals surface area contributed by atoms with Crippen LogP contribution in [0, 0.1) is 24.1 Å². The Labute approximate surface area is 195 Å². The van der Waals surface area contributed by atoms with Crippen molar-refractivity contribution in [3.8, 4) is 11.8 Å². The van der Waals surface area contributed by atoms with Gasteiger partial charge in [0.25, 0.3) is 11.8 Å². The van der Waals surface area contributed by atoms with Crippen molar-refractivity contribution in [2.24, 2.45) is 0 Å². The quantitative estimate of drug-likeness (QED) is 0.365. The van der Waals surface area contributed by atoms with Gasteiger partial charge in [0.05, 0.1) is 5.69 Å². The average molecular weight is 464 g/mol. The van der Waals surface area contributed by atoms with Crippen LogP contribution in [0.4, 0.5) is 15.8 Å². The summed E-state index contributed by atoms with van der Waals surface area (Å²) < 4.78 is 19.3. The Kier molecular flexibility index (Phi) is 7.79. The molecule has 0 aliphatic carbocycles. The molecule has 0 saturated heterocycles. The highest BCUT2D eigenvalue weighted by Crippen LogP contribution is 2.26. The SMILES string of the molecule is Cc1ccc(NC(=O)/C(C#N)=C\c2cc(Cl)ccc2OCC(=O)Nc2ccccc2F)cc1. The number of carbonyl (C=O) groups is 2. The number of para-hydroxylation sites is 1. The third-order valence-electron chi connectivity index (χ3n) is 4.45. The lowest BCUT2D eigenvalue weighted by Crippen LogP contribution is -2.21. The van der Waals surface area contributed by atoms with E-state index >= 15 is 0 Å². The molecule has 0 atom stereocenters. The molecule has 33 heavy (non-hydrogen) atoms. The number of ether oxygens (including phenoxy) is 1. The van der Waals surface area contributed by atoms with Crippen molar-refractivity contribution in [1.29, 1.82) is 5.26 Å². The van der Waals surface area contributed by atoms with Crippen LogP contribution in [0.3, 0.4) is 0 Å². The summed E-state index contributed by atoms with van der Waals surface area (Å²) in [6.07, 6.45) is 1.32. The number of nitrogens with one attached hydrogen (secondary N) is 2. The van der Waals surface area contributed by atoms with Gasteiger partial charge in [-0.1, -0.05) is 41.4 Å². The van der Waals surface area contributed by atoms with Crippen LogP contribution in [-0.4, -0.2) is 18.4 Å². The van der Waals surface area contributed by atoms with Crippen LogP contribution in [-0.2, 0) is 9.59 Å². The summed E-state index contributed by atoms with van der Waals surface area (Å²) in [5.41, 5.74) is 1.75. The molecule has 6 nitrogen and oxygen atoms in total. The van der Waals surface area contributed by atoms with Gasteiger partial charge in [-0.15, -0.1) is 0 Å². The lowest BCUT2D eigenvalue weighted by molar-refractivity contribution is -0.118. The maximum absolute atomic E-state index is 13.7. The van der Waals surface area contributed by atoms with E-state index in [1.54, 1.807) is 24.3 Å². The predicted octanol–water partition coefficient (Wildman–Crippen LogP) is 5.35. The summed E-state index contributed by atoms with van der Waals surface area (Å²) in [5, 5.41) is 14.9. The molecule has 0 unspecified atom stereocenters. The number of carbonyl (C=O) groups excluding carboxylic acids is 2. The zero-order valence-corrected chi connectivity index (χ0v) is 18.3. The number of hydrogen-bond acceptors (Lipinski definition) is 4. The van der Waals surface area contributed by atoms with Gasteiger partial charge in [0, 0.05) is 16.3 Å². The van der Waals surface area contributed by atoms with Gasteiger partial charge in [-0.25, -0.2) is 4.39 Å². The standard InChI is InChI=1S/C25H19ClFN3O3/c1-16-6-9-20(10-7-16)29-25(32)18(14-28)12-17-13-19(26)8-11-23(17)33-15-24(31)30-22-5-3-2-4-21(22)27/h2-13H,15H2,1H3,(H,29,32)(H,30,31)/b18-12-. The number of rotatable bonds is 7. The van der Waals surface area contributed by atoms with Gasteiger partial charge in [0.1, 0.15) is 23.2 Å². The Bertz CT molecular complexity index is 1250. The fraction of sp³-hybridized carbons (Fsp3) is 0.0800. The number of halogens is 2. The molecule has 0 aliphatic heterocycles. The maximum Gasteiger partial charge on any atom is 0.266 e. The van der Waals surface area contributed by atoms with Crippen molar-refractivity contribution in [2.45, 2.75) is 6.92 Å². The average Bonchev–Trinajstić information content (AvgIpc) is 2.79. The number of anilines is 2. The largest absolute Gasteiger partial charge is 0.483 e. The molecule has 0 fully saturated rings. The molecule has 0 radical (unpaired) electrons. The first-order chi connectivity index (χ1) is 15.9. The molecule has 2 amide bonds. The number of aryl methyl sites for hydroxylation is 1. The minimum atomic E-state index is -0.607. The normalized spacial score (nSPS) is 10.8. The Balaban J connectivity index is 1.75. The number of amides is 2. The number of nitrogens with zero attached hydrogens (tertiary/aromatic N) is 1. The van der Waals surface area contributed by atoms with E-state index in [4.69, 9.17) is 16.3 Å². The molecule has 3 rings (SSSR count). The van der Waals surface area contributed by atoms with Crippen molar-refractivity contribution in [3.05, 3.63) is 94.3 Å². The Morgan fingerprint density at radius 1 is 1.09 bits per heavy atom. The second-order valence-electron chi connectivity index (χ2n) is 6.99. The van der Waals surface area contributed by atoms with E-state index < -0.39 is 24.2 Å². The van der Waals surface area contributed by atoms with Crippen LogP contribution in [0.2, 0.25) is 5.02 Å². The molecule has 3 aromatic rings. The minimum Gasteiger partial charge on any atom is -0.483 e. The predicted molar refractivity (Wildman–Crippen MR) is 125 cm³/mol. The summed E-state index contributed by atoms with van der Waals surface area (Å²) in [6, 6.07) is 19.3. The van der Waals surface area contributed by atoms with Gasteiger partial charge in [0.2, 0.25) is 0 Å². The van der Waals surface area contributed by atoms with E-state index in [0.29, 0.717) is 16.3 Å². The molecule has 0 saturated carbocycles. The second kappa shape index (κ2) is 10.9. The van der Waals surface area contributed by atoms with E-state index in [9.17, 15) is 19.2 Å². The van der Waals surface area contributed by atoms with Crippen LogP contribution in [0.5, 0.6) is 5.75 Å². The minimum absolute atomic E-state index is 0.0295. The first kappa shape index (κ1) is 23.5. The molecule has 0 spiro atoms. The van der Waals surface area contributed by atoms with E-state index in [2.05, 4.69) is 10.6 Å². The van der Waals surface area contributed by atoms with Gasteiger partial charge in [0.15, 0.2) is 6.61 Å². The summed E-state index contributed by atoms with van der Waals surface area (Å²) in [7, 11) is 0. The van der Waals surface area contributed by atoms with Crippen molar-refractivity contribution >= 4 is 40.9 Å². The number of benzene rings is 3. The van der Waals surface area contributed by atoms with Crippen molar-refractivity contribution in [3.63, 3.8) is 0 Å². The zero-order chi connectivity index (χ0) is 23.8. The number of nitriles is 1. The van der Waals surface area contributed by atoms with Gasteiger partial charge in [-0.2, -0.15) is 5.26 Å². The Morgan fingerprint density at radius 3 is 2.52 bits per heavy atom. The first-order valence-electron chi connectivity index (χ1n) is 9.82. The van der Waals surface area contributed by atoms with Crippen molar-refractivity contribution in [2.75, 3.05) is 17.2 Å². The molecule has 0 bridgehead atoms. The van der Waals surface area contributed by atoms with Crippen LogP contribution in [0.1, 0.15) is 11.1 Å². The lowest BCUT2D eigenvalue weighted by Gasteiger charge is -2.11. The summed E-state index contributed by atoms with van der Waals surface area (Å²) in [5.74, 6) is -1.54. The fourth-order valence-corrected chi connectivity index (χ4v) is 2.98. The monoisotopic (exact) mass is 463 g/mol. The molecule has 0 aromatic heterocycles. The molecular weight excluding hydrogens is 445 g/mol. The van der Waals surface area contributed by atoms with Gasteiger partial charge in [-0.05, 0) is 55.5 Å². The van der Waals surface area contributed by atoms with Gasteiger partial charge < -0.3 is 15.4 Å². The van der Waals surface area contributed by atoms with Crippen LogP contribution in [0.25, 0.3) is 6.08 Å². The topological polar surface area (TPSA) is 91.2 Å². The highest BCUT2D eigenvalue weighted by molar-refractivity contribution is 6.30. The first-order valence-corrected chi connectivity index (χ1v) is 10.2. The zero-order valence-electron chi connectivity index (χ0n) is 17.6. The van der Waals surface area contributed by atoms with E-state index in [0.717, 1.165) is 5.56 Å². The maximum atomic E-state index is 13.7. The molecule has 8 heteroatoms. The molecule has 2 N–H and O–H groups in total. The van der Waals surface area contributed by atoms with Crippen LogP contribution in [0.15, 0.2) is 72.3 Å². The smallest absolute Gasteiger partial charge is 0.266 e. The highest BCUT2D eigenvalue weighted by atomic mass is 35.5. The number of hydrogen-bond donors (Lipinski definition) is 2. The van der Waals surface area contributed by atoms with Crippen LogP contribution >= 0.6 is 11.6 Å². The Morgan fingerprint density at radius 2 is 1.82 bits per heavy atom. The fourth-order valence-electron chi connectivity index (χ4n) is 2.80. The van der Waals surface area contributed by atoms with Gasteiger partial charge in [-0.3, -0.25) is 9.59 Å². The second-order valence-corrected chi connectivity index (χ2v) is 7.43. The highest BCUT2D eigenvalue weighted by Gasteiger charge is 2.13. The summed E-state index contributed by atoms with van der Waals surface area (Å²) in [4.78, 5) is 24.7. The molecule has 0 heterocycles. The third kappa shape index (κ3) is 6.66. The van der Waals surface area contributed by atoms with E-state index in [1.807, 2.05) is 25.1 Å². The third-order valence-corrected chi connectivity index (χ3v) is 4.69. The summed E-state index contributed by atoms with van der Waals surface area (Å²) in [6.45, 7) is 1.50. The van der Waals surface area contributed by atoms with E-state index in [1.165, 1.54) is 36.4 Å². The van der Waals surface area contributed by atoms with Crippen molar-refractivity contribution in [1.82, 2.24) is 0 Å².